The van der Waals surface area contributed by atoms with Crippen LogP contribution in [0.5, 0.6) is 0 Å². The fourth-order valence-electron chi connectivity index (χ4n) is 3.08. The molecular formula is C20H28N2O4. The Morgan fingerprint density at radius 1 is 1.12 bits per heavy atom. The molecule has 0 unspecified atom stereocenters. The summed E-state index contributed by atoms with van der Waals surface area (Å²) in [5.41, 5.74) is 1.72. The summed E-state index contributed by atoms with van der Waals surface area (Å²) in [6.07, 6.45) is 0.931. The van der Waals surface area contributed by atoms with Crippen molar-refractivity contribution < 1.29 is 19.5 Å². The Hall–Kier alpha value is -2.37. The van der Waals surface area contributed by atoms with Crippen LogP contribution >= 0.6 is 0 Å². The van der Waals surface area contributed by atoms with E-state index in [1.165, 1.54) is 4.90 Å². The average molecular weight is 360 g/mol. The molecule has 1 saturated heterocycles. The summed E-state index contributed by atoms with van der Waals surface area (Å²) in [5, 5.41) is 9.02. The van der Waals surface area contributed by atoms with E-state index in [1.807, 2.05) is 12.1 Å². The van der Waals surface area contributed by atoms with E-state index in [1.54, 1.807) is 24.1 Å². The molecule has 0 bridgehead atoms. The van der Waals surface area contributed by atoms with E-state index in [0.717, 1.165) is 5.56 Å². The van der Waals surface area contributed by atoms with Gasteiger partial charge in [0.1, 0.15) is 0 Å². The molecule has 1 aliphatic rings. The molecule has 0 aromatic heterocycles. The minimum atomic E-state index is -0.803. The van der Waals surface area contributed by atoms with Gasteiger partial charge in [0.05, 0.1) is 12.5 Å². The smallest absolute Gasteiger partial charge is 0.306 e. The van der Waals surface area contributed by atoms with Gasteiger partial charge < -0.3 is 14.9 Å². The molecule has 1 N–H and O–H groups in total. The topological polar surface area (TPSA) is 77.9 Å². The first kappa shape index (κ1) is 19.9. The molecule has 0 spiro atoms. The van der Waals surface area contributed by atoms with Crippen LogP contribution in [0.15, 0.2) is 24.3 Å². The van der Waals surface area contributed by atoms with Crippen LogP contribution in [0.2, 0.25) is 0 Å². The molecular weight excluding hydrogens is 332 g/mol. The highest BCUT2D eigenvalue weighted by atomic mass is 16.4. The number of amides is 2. The Morgan fingerprint density at radius 2 is 1.65 bits per heavy atom. The van der Waals surface area contributed by atoms with Crippen molar-refractivity contribution in [1.82, 2.24) is 9.80 Å². The molecule has 0 aliphatic carbocycles. The lowest BCUT2D eigenvalue weighted by molar-refractivity contribution is -0.145. The SMILES string of the molecule is CN(CC(=O)N1CCC(C(=O)O)CC1)C(=O)c1ccc(C(C)(C)C)cc1. The van der Waals surface area contributed by atoms with Crippen LogP contribution < -0.4 is 0 Å². The molecule has 2 amide bonds. The van der Waals surface area contributed by atoms with Crippen molar-refractivity contribution in [3.63, 3.8) is 0 Å². The van der Waals surface area contributed by atoms with Gasteiger partial charge in [0, 0.05) is 25.7 Å². The van der Waals surface area contributed by atoms with Crippen LogP contribution in [-0.4, -0.2) is 59.4 Å². The van der Waals surface area contributed by atoms with E-state index in [2.05, 4.69) is 20.8 Å². The van der Waals surface area contributed by atoms with Gasteiger partial charge in [-0.3, -0.25) is 14.4 Å². The Balaban J connectivity index is 1.92. The quantitative estimate of drug-likeness (QED) is 0.894. The summed E-state index contributed by atoms with van der Waals surface area (Å²) in [4.78, 5) is 39.0. The van der Waals surface area contributed by atoms with Crippen LogP contribution in [0.3, 0.4) is 0 Å². The maximum absolute atomic E-state index is 12.5. The van der Waals surface area contributed by atoms with Crippen molar-refractivity contribution in [2.24, 2.45) is 5.92 Å². The minimum Gasteiger partial charge on any atom is -0.481 e. The number of hydrogen-bond donors (Lipinski definition) is 1. The number of piperidine rings is 1. The normalized spacial score (nSPS) is 15.6. The van der Waals surface area contributed by atoms with Gasteiger partial charge in [-0.2, -0.15) is 0 Å². The van der Waals surface area contributed by atoms with Crippen molar-refractivity contribution in [2.75, 3.05) is 26.7 Å². The second kappa shape index (κ2) is 7.89. The van der Waals surface area contributed by atoms with Crippen LogP contribution in [0.1, 0.15) is 49.5 Å². The van der Waals surface area contributed by atoms with Crippen LogP contribution in [0.25, 0.3) is 0 Å². The number of hydrogen-bond acceptors (Lipinski definition) is 3. The molecule has 1 fully saturated rings. The van der Waals surface area contributed by atoms with Crippen molar-refractivity contribution in [3.05, 3.63) is 35.4 Å². The number of carboxylic acid groups (broad SMARTS) is 1. The molecule has 2 rings (SSSR count). The zero-order valence-electron chi connectivity index (χ0n) is 16.0. The van der Waals surface area contributed by atoms with Crippen LogP contribution in [0.4, 0.5) is 0 Å². The van der Waals surface area contributed by atoms with E-state index >= 15 is 0 Å². The fraction of sp³-hybridized carbons (Fsp3) is 0.550. The van der Waals surface area contributed by atoms with Crippen LogP contribution in [-0.2, 0) is 15.0 Å². The number of nitrogens with zero attached hydrogens (tertiary/aromatic N) is 2. The minimum absolute atomic E-state index is 0.00239. The van der Waals surface area contributed by atoms with Gasteiger partial charge in [-0.05, 0) is 36.0 Å². The number of likely N-dealkylation sites (N-methyl/N-ethyl adjacent to an activating group) is 1. The number of benzene rings is 1. The third-order valence-corrected chi connectivity index (χ3v) is 4.91. The molecule has 6 nitrogen and oxygen atoms in total. The molecule has 0 saturated carbocycles. The molecule has 142 valence electrons. The van der Waals surface area contributed by atoms with Crippen molar-refractivity contribution in [1.29, 1.82) is 0 Å². The Bertz CT molecular complexity index is 668. The lowest BCUT2D eigenvalue weighted by atomic mass is 9.86. The predicted octanol–water partition coefficient (Wildman–Crippen LogP) is 2.38. The summed E-state index contributed by atoms with van der Waals surface area (Å²) in [6, 6.07) is 7.48. The predicted molar refractivity (Wildman–Crippen MR) is 99.0 cm³/mol. The second-order valence-corrected chi connectivity index (χ2v) is 7.98. The molecule has 0 radical (unpaired) electrons. The number of aliphatic carboxylic acids is 1. The fourth-order valence-corrected chi connectivity index (χ4v) is 3.08. The summed E-state index contributed by atoms with van der Waals surface area (Å²) in [5.74, 6) is -1.52. The van der Waals surface area contributed by atoms with E-state index in [9.17, 15) is 14.4 Å². The third kappa shape index (κ3) is 4.84. The van der Waals surface area contributed by atoms with Crippen molar-refractivity contribution >= 4 is 17.8 Å². The van der Waals surface area contributed by atoms with E-state index < -0.39 is 5.97 Å². The second-order valence-electron chi connectivity index (χ2n) is 7.98. The standard InChI is InChI=1S/C20H28N2O4/c1-20(2,3)16-7-5-14(6-8-16)18(24)21(4)13-17(23)22-11-9-15(10-12-22)19(25)26/h5-8,15H,9-13H2,1-4H3,(H,25,26). The highest BCUT2D eigenvalue weighted by molar-refractivity contribution is 5.96. The Morgan fingerprint density at radius 3 is 2.12 bits per heavy atom. The van der Waals surface area contributed by atoms with Gasteiger partial charge in [-0.15, -0.1) is 0 Å². The number of rotatable bonds is 4. The van der Waals surface area contributed by atoms with E-state index in [0.29, 0.717) is 31.5 Å². The van der Waals surface area contributed by atoms with Crippen LogP contribution in [0, 0.1) is 5.92 Å². The number of likely N-dealkylation sites (tertiary alicyclic amines) is 1. The lowest BCUT2D eigenvalue weighted by Gasteiger charge is -2.31. The van der Waals surface area contributed by atoms with Crippen molar-refractivity contribution in [3.8, 4) is 0 Å². The summed E-state index contributed by atoms with van der Waals surface area (Å²) in [7, 11) is 1.61. The summed E-state index contributed by atoms with van der Waals surface area (Å²) < 4.78 is 0. The van der Waals surface area contributed by atoms with E-state index in [-0.39, 0.29) is 29.7 Å². The lowest BCUT2D eigenvalue weighted by Crippen LogP contribution is -2.45. The molecule has 1 aromatic carbocycles. The first-order chi connectivity index (χ1) is 12.1. The zero-order valence-corrected chi connectivity index (χ0v) is 16.0. The van der Waals surface area contributed by atoms with Gasteiger partial charge in [-0.25, -0.2) is 0 Å². The Kier molecular flexibility index (Phi) is 6.05. The largest absolute Gasteiger partial charge is 0.481 e. The highest BCUT2D eigenvalue weighted by Gasteiger charge is 2.28. The van der Waals surface area contributed by atoms with Gasteiger partial charge in [0.25, 0.3) is 5.91 Å². The zero-order chi connectivity index (χ0) is 19.5. The average Bonchev–Trinajstić information content (AvgIpc) is 2.60. The van der Waals surface area contributed by atoms with Gasteiger partial charge >= 0.3 is 5.97 Å². The third-order valence-electron chi connectivity index (χ3n) is 4.91. The summed E-state index contributed by atoms with van der Waals surface area (Å²) in [6.45, 7) is 7.19. The van der Waals surface area contributed by atoms with Gasteiger partial charge in [-0.1, -0.05) is 32.9 Å². The maximum Gasteiger partial charge on any atom is 0.306 e. The van der Waals surface area contributed by atoms with Crippen molar-refractivity contribution in [2.45, 2.75) is 39.0 Å². The summed E-state index contributed by atoms with van der Waals surface area (Å²) >= 11 is 0. The molecule has 1 heterocycles. The monoisotopic (exact) mass is 360 g/mol. The van der Waals surface area contributed by atoms with E-state index in [4.69, 9.17) is 5.11 Å². The Labute approximate surface area is 154 Å². The van der Waals surface area contributed by atoms with Gasteiger partial charge in [0.2, 0.25) is 5.91 Å². The number of carbonyl (C=O) groups excluding carboxylic acids is 2. The highest BCUT2D eigenvalue weighted by Crippen LogP contribution is 2.22. The first-order valence-corrected chi connectivity index (χ1v) is 8.96. The first-order valence-electron chi connectivity index (χ1n) is 8.96. The number of carbonyl (C=O) groups is 3. The molecule has 6 heteroatoms. The maximum atomic E-state index is 12.5. The molecule has 1 aliphatic heterocycles. The van der Waals surface area contributed by atoms with Gasteiger partial charge in [0.15, 0.2) is 0 Å². The molecule has 1 aromatic rings. The molecule has 0 atom stereocenters. The molecule has 26 heavy (non-hydrogen) atoms. The number of carboxylic acids is 1.